The highest BCUT2D eigenvalue weighted by atomic mass is 16.5. The lowest BCUT2D eigenvalue weighted by Crippen LogP contribution is -2.12. The van der Waals surface area contributed by atoms with Gasteiger partial charge in [0.1, 0.15) is 5.75 Å². The van der Waals surface area contributed by atoms with Gasteiger partial charge in [-0.2, -0.15) is 5.10 Å². The van der Waals surface area contributed by atoms with E-state index in [1.54, 1.807) is 47.3 Å². The molecule has 0 radical (unpaired) electrons. The summed E-state index contributed by atoms with van der Waals surface area (Å²) in [5.74, 6) is -0.109. The molecule has 0 aliphatic carbocycles. The molecule has 0 bridgehead atoms. The molecule has 4 rings (SSSR count). The summed E-state index contributed by atoms with van der Waals surface area (Å²) in [7, 11) is 0. The van der Waals surface area contributed by atoms with Crippen LogP contribution in [-0.4, -0.2) is 31.6 Å². The first kappa shape index (κ1) is 20.0. The minimum Gasteiger partial charge on any atom is -0.439 e. The lowest BCUT2D eigenvalue weighted by atomic mass is 10.2. The molecule has 0 aliphatic heterocycles. The van der Waals surface area contributed by atoms with Crippen LogP contribution in [0.1, 0.15) is 40.6 Å². The standard InChI is InChI=1S/C22H20N6O3/c1-13(2)28-21-15(11-26-28)8-16(10-25-21)22(30)27-17-6-7-19(24-12-17)31-18-5-3-4-14(9-18)20(23)29/h3-13H,1-2H3,(H2,23,29)(H,27,30). The van der Waals surface area contributed by atoms with Crippen LogP contribution >= 0.6 is 0 Å². The Morgan fingerprint density at radius 2 is 1.87 bits per heavy atom. The van der Waals surface area contributed by atoms with Crippen molar-refractivity contribution in [1.82, 2.24) is 19.7 Å². The highest BCUT2D eigenvalue weighted by Crippen LogP contribution is 2.22. The van der Waals surface area contributed by atoms with Gasteiger partial charge in [-0.05, 0) is 44.2 Å². The van der Waals surface area contributed by atoms with Crippen molar-refractivity contribution >= 4 is 28.5 Å². The van der Waals surface area contributed by atoms with E-state index >= 15 is 0 Å². The van der Waals surface area contributed by atoms with Crippen LogP contribution in [0.25, 0.3) is 11.0 Å². The first-order chi connectivity index (χ1) is 14.9. The first-order valence-electron chi connectivity index (χ1n) is 9.59. The molecule has 31 heavy (non-hydrogen) atoms. The van der Waals surface area contributed by atoms with Crippen molar-refractivity contribution in [2.75, 3.05) is 5.32 Å². The summed E-state index contributed by atoms with van der Waals surface area (Å²) in [6, 6.07) is 11.7. The highest BCUT2D eigenvalue weighted by molar-refractivity contribution is 6.05. The Bertz CT molecular complexity index is 1260. The lowest BCUT2D eigenvalue weighted by Gasteiger charge is -2.08. The summed E-state index contributed by atoms with van der Waals surface area (Å²) in [4.78, 5) is 32.4. The summed E-state index contributed by atoms with van der Waals surface area (Å²) in [6.45, 7) is 4.03. The van der Waals surface area contributed by atoms with Gasteiger partial charge in [-0.25, -0.2) is 14.6 Å². The number of hydrogen-bond acceptors (Lipinski definition) is 6. The molecule has 3 N–H and O–H groups in total. The van der Waals surface area contributed by atoms with Gasteiger partial charge in [0.25, 0.3) is 5.91 Å². The number of pyridine rings is 2. The summed E-state index contributed by atoms with van der Waals surface area (Å²) >= 11 is 0. The van der Waals surface area contributed by atoms with E-state index in [-0.39, 0.29) is 11.9 Å². The number of benzene rings is 1. The van der Waals surface area contributed by atoms with Crippen LogP contribution in [0.4, 0.5) is 5.69 Å². The van der Waals surface area contributed by atoms with E-state index in [9.17, 15) is 9.59 Å². The molecule has 4 aromatic rings. The highest BCUT2D eigenvalue weighted by Gasteiger charge is 2.12. The Morgan fingerprint density at radius 3 is 2.58 bits per heavy atom. The fraction of sp³-hybridized carbons (Fsp3) is 0.136. The van der Waals surface area contributed by atoms with Crippen LogP contribution in [-0.2, 0) is 0 Å². The topological polar surface area (TPSA) is 125 Å². The van der Waals surface area contributed by atoms with Crippen molar-refractivity contribution in [3.05, 3.63) is 72.2 Å². The number of carbonyl (C=O) groups is 2. The maximum absolute atomic E-state index is 12.6. The SMILES string of the molecule is CC(C)n1ncc2cc(C(=O)Nc3ccc(Oc4cccc(C(N)=O)c4)nc3)cnc21. The molecule has 0 aliphatic rings. The van der Waals surface area contributed by atoms with Gasteiger partial charge in [0.15, 0.2) is 5.65 Å². The quantitative estimate of drug-likeness (QED) is 0.495. The van der Waals surface area contributed by atoms with Crippen LogP contribution in [0.15, 0.2) is 61.1 Å². The average Bonchev–Trinajstić information content (AvgIpc) is 3.19. The number of amides is 2. The number of anilines is 1. The monoisotopic (exact) mass is 416 g/mol. The van der Waals surface area contributed by atoms with Gasteiger partial charge in [0, 0.05) is 29.3 Å². The molecule has 2 amide bonds. The third-order valence-electron chi connectivity index (χ3n) is 4.52. The molecular weight excluding hydrogens is 396 g/mol. The van der Waals surface area contributed by atoms with Crippen LogP contribution in [0, 0.1) is 0 Å². The second-order valence-electron chi connectivity index (χ2n) is 7.15. The summed E-state index contributed by atoms with van der Waals surface area (Å²) in [6.07, 6.45) is 4.70. The number of primary amides is 1. The molecule has 0 unspecified atom stereocenters. The molecule has 0 spiro atoms. The van der Waals surface area contributed by atoms with E-state index in [2.05, 4.69) is 20.4 Å². The van der Waals surface area contributed by atoms with Gasteiger partial charge < -0.3 is 15.8 Å². The predicted octanol–water partition coefficient (Wildman–Crippen LogP) is 3.55. The van der Waals surface area contributed by atoms with Crippen LogP contribution in [0.5, 0.6) is 11.6 Å². The van der Waals surface area contributed by atoms with Crippen molar-refractivity contribution in [3.63, 3.8) is 0 Å². The second kappa shape index (κ2) is 8.23. The van der Waals surface area contributed by atoms with E-state index in [1.807, 2.05) is 13.8 Å². The average molecular weight is 416 g/mol. The zero-order valence-electron chi connectivity index (χ0n) is 16.9. The van der Waals surface area contributed by atoms with E-state index in [1.165, 1.54) is 18.5 Å². The van der Waals surface area contributed by atoms with Crippen molar-refractivity contribution < 1.29 is 14.3 Å². The Hall–Kier alpha value is -4.27. The molecule has 0 saturated heterocycles. The van der Waals surface area contributed by atoms with Crippen LogP contribution in [0.2, 0.25) is 0 Å². The minimum absolute atomic E-state index is 0.176. The zero-order valence-corrected chi connectivity index (χ0v) is 16.9. The van der Waals surface area contributed by atoms with Gasteiger partial charge in [-0.1, -0.05) is 6.07 Å². The van der Waals surface area contributed by atoms with Gasteiger partial charge in [0.2, 0.25) is 11.8 Å². The maximum atomic E-state index is 12.6. The number of carbonyl (C=O) groups excluding carboxylic acids is 2. The molecule has 0 atom stereocenters. The summed E-state index contributed by atoms with van der Waals surface area (Å²) in [5.41, 5.74) is 7.26. The van der Waals surface area contributed by atoms with Crippen LogP contribution in [0.3, 0.4) is 0 Å². The number of hydrogen-bond donors (Lipinski definition) is 2. The second-order valence-corrected chi connectivity index (χ2v) is 7.15. The van der Waals surface area contributed by atoms with Crippen molar-refractivity contribution in [2.45, 2.75) is 19.9 Å². The Balaban J connectivity index is 1.45. The lowest BCUT2D eigenvalue weighted by molar-refractivity contribution is 0.0997. The first-order valence-corrected chi connectivity index (χ1v) is 9.59. The Kier molecular flexibility index (Phi) is 5.31. The van der Waals surface area contributed by atoms with E-state index in [4.69, 9.17) is 10.5 Å². The molecule has 9 nitrogen and oxygen atoms in total. The van der Waals surface area contributed by atoms with Crippen LogP contribution < -0.4 is 15.8 Å². The number of nitrogens with two attached hydrogens (primary N) is 1. The van der Waals surface area contributed by atoms with Gasteiger partial charge >= 0.3 is 0 Å². The van der Waals surface area contributed by atoms with Gasteiger partial charge in [-0.15, -0.1) is 0 Å². The molecule has 1 aromatic carbocycles. The third-order valence-corrected chi connectivity index (χ3v) is 4.52. The molecule has 3 aromatic heterocycles. The van der Waals surface area contributed by atoms with E-state index in [0.29, 0.717) is 28.4 Å². The number of rotatable bonds is 6. The third kappa shape index (κ3) is 4.35. The smallest absolute Gasteiger partial charge is 0.257 e. The van der Waals surface area contributed by atoms with Crippen molar-refractivity contribution in [1.29, 1.82) is 0 Å². The number of nitrogens with one attached hydrogen (secondary N) is 1. The van der Waals surface area contributed by atoms with E-state index < -0.39 is 5.91 Å². The summed E-state index contributed by atoms with van der Waals surface area (Å²) < 4.78 is 7.44. The summed E-state index contributed by atoms with van der Waals surface area (Å²) in [5, 5.41) is 7.89. The van der Waals surface area contributed by atoms with E-state index in [0.717, 1.165) is 11.0 Å². The van der Waals surface area contributed by atoms with Crippen molar-refractivity contribution in [2.24, 2.45) is 5.73 Å². The molecule has 0 saturated carbocycles. The number of aromatic nitrogens is 4. The molecular formula is C22H20N6O3. The number of nitrogens with zero attached hydrogens (tertiary/aromatic N) is 4. The molecule has 0 fully saturated rings. The number of ether oxygens (including phenoxy) is 1. The van der Waals surface area contributed by atoms with Crippen molar-refractivity contribution in [3.8, 4) is 11.6 Å². The number of fused-ring (bicyclic) bond motifs is 1. The Labute approximate surface area is 177 Å². The molecule has 156 valence electrons. The minimum atomic E-state index is -0.541. The maximum Gasteiger partial charge on any atom is 0.257 e. The van der Waals surface area contributed by atoms with Gasteiger partial charge in [-0.3, -0.25) is 9.59 Å². The molecule has 9 heteroatoms. The Morgan fingerprint density at radius 1 is 1.03 bits per heavy atom. The zero-order chi connectivity index (χ0) is 22.0. The fourth-order valence-corrected chi connectivity index (χ4v) is 2.99. The fourth-order valence-electron chi connectivity index (χ4n) is 2.99. The molecule has 3 heterocycles. The normalized spacial score (nSPS) is 10.9. The van der Waals surface area contributed by atoms with Gasteiger partial charge in [0.05, 0.1) is 23.6 Å². The largest absolute Gasteiger partial charge is 0.439 e. The predicted molar refractivity (Wildman–Crippen MR) is 115 cm³/mol.